The average Bonchev–Trinajstić information content (AvgIpc) is 2.80. The van der Waals surface area contributed by atoms with Crippen LogP contribution in [0.1, 0.15) is 121 Å². The van der Waals surface area contributed by atoms with Gasteiger partial charge < -0.3 is 10.6 Å². The summed E-state index contributed by atoms with van der Waals surface area (Å²) < 4.78 is 0. The zero-order valence-electron chi connectivity index (χ0n) is 20.4. The molecule has 0 saturated carbocycles. The van der Waals surface area contributed by atoms with Crippen molar-refractivity contribution in [2.24, 2.45) is 0 Å². The second kappa shape index (κ2) is 24.0. The SMILES string of the molecule is [Si]CNCCCCCCCCCCCCCCCCCCCCNCc1ccccc1. The molecule has 1 aromatic rings. The van der Waals surface area contributed by atoms with Crippen LogP contribution in [0, 0.1) is 0 Å². The average molecular weight is 444 g/mol. The molecule has 0 fully saturated rings. The Hall–Kier alpha value is -0.643. The van der Waals surface area contributed by atoms with E-state index in [9.17, 15) is 0 Å². The molecule has 0 heterocycles. The lowest BCUT2D eigenvalue weighted by atomic mass is 10.0. The first-order chi connectivity index (χ1) is 15.4. The molecule has 1 aromatic carbocycles. The summed E-state index contributed by atoms with van der Waals surface area (Å²) in [5.74, 6) is 0. The highest BCUT2D eigenvalue weighted by molar-refractivity contribution is 6.08. The Morgan fingerprint density at radius 3 is 1.19 bits per heavy atom. The number of rotatable bonds is 24. The molecule has 0 aliphatic rings. The summed E-state index contributed by atoms with van der Waals surface area (Å²) >= 11 is 0. The van der Waals surface area contributed by atoms with E-state index in [2.05, 4.69) is 51.2 Å². The first-order valence-corrected chi connectivity index (χ1v) is 14.2. The summed E-state index contributed by atoms with van der Waals surface area (Å²) in [6.45, 7) is 3.33. The maximum Gasteiger partial charge on any atom is 0.0428 e. The minimum absolute atomic E-state index is 0.925. The smallest absolute Gasteiger partial charge is 0.0428 e. The van der Waals surface area contributed by atoms with Gasteiger partial charge in [-0.2, -0.15) is 0 Å². The standard InChI is InChI=1S/C28H51N2Si/c31-27-30-25-21-16-14-12-10-8-6-4-2-1-3-5-7-9-11-13-15-20-24-29-26-28-22-18-17-19-23-28/h17-19,22-23,29-30H,1-16,20-21,24-27H2. The molecule has 0 bridgehead atoms. The monoisotopic (exact) mass is 443 g/mol. The van der Waals surface area contributed by atoms with Crippen LogP contribution in [0.25, 0.3) is 0 Å². The molecule has 177 valence electrons. The quantitative estimate of drug-likeness (QED) is 0.127. The van der Waals surface area contributed by atoms with E-state index in [4.69, 9.17) is 0 Å². The highest BCUT2D eigenvalue weighted by Gasteiger charge is 1.96. The molecule has 0 amide bonds. The molecule has 0 aliphatic heterocycles. The summed E-state index contributed by atoms with van der Waals surface area (Å²) in [6, 6.07) is 10.7. The Morgan fingerprint density at radius 1 is 0.452 bits per heavy atom. The molecule has 0 spiro atoms. The van der Waals surface area contributed by atoms with Gasteiger partial charge >= 0.3 is 0 Å². The van der Waals surface area contributed by atoms with Gasteiger partial charge in [-0.3, -0.25) is 0 Å². The fraction of sp³-hybridized carbons (Fsp3) is 0.786. The minimum Gasteiger partial charge on any atom is -0.320 e. The Balaban J connectivity index is 1.65. The maximum absolute atomic E-state index is 3.56. The highest BCUT2D eigenvalue weighted by atomic mass is 28.1. The zero-order valence-corrected chi connectivity index (χ0v) is 21.4. The van der Waals surface area contributed by atoms with Crippen LogP contribution >= 0.6 is 0 Å². The summed E-state index contributed by atoms with van der Waals surface area (Å²) in [5.41, 5.74) is 1.39. The molecule has 0 saturated heterocycles. The highest BCUT2D eigenvalue weighted by Crippen LogP contribution is 2.14. The molecule has 1 rings (SSSR count). The Kier molecular flexibility index (Phi) is 22.0. The van der Waals surface area contributed by atoms with E-state index in [1.54, 1.807) is 0 Å². The van der Waals surface area contributed by atoms with Crippen LogP contribution in [0.15, 0.2) is 30.3 Å². The fourth-order valence-corrected chi connectivity index (χ4v) is 4.42. The van der Waals surface area contributed by atoms with Gasteiger partial charge in [0, 0.05) is 16.8 Å². The molecule has 31 heavy (non-hydrogen) atoms. The fourth-order valence-electron chi connectivity index (χ4n) is 4.25. The van der Waals surface area contributed by atoms with Crippen LogP contribution in [-0.4, -0.2) is 29.5 Å². The molecular formula is C28H51N2Si. The predicted octanol–water partition coefficient (Wildman–Crippen LogP) is 7.51. The lowest BCUT2D eigenvalue weighted by molar-refractivity contribution is 0.520. The molecule has 0 atom stereocenters. The summed E-state index contributed by atoms with van der Waals surface area (Å²) in [6.07, 6.45) is 26.7. The number of hydrogen-bond donors (Lipinski definition) is 2. The minimum atomic E-state index is 0.925. The zero-order chi connectivity index (χ0) is 22.1. The van der Waals surface area contributed by atoms with Crippen LogP contribution in [0.5, 0.6) is 0 Å². The molecule has 2 nitrogen and oxygen atoms in total. The van der Waals surface area contributed by atoms with Crippen LogP contribution in [0.4, 0.5) is 0 Å². The van der Waals surface area contributed by atoms with Gasteiger partial charge in [-0.05, 0) is 37.7 Å². The van der Waals surface area contributed by atoms with Crippen molar-refractivity contribution in [1.29, 1.82) is 0 Å². The first kappa shape index (κ1) is 28.4. The van der Waals surface area contributed by atoms with Crippen LogP contribution in [0.3, 0.4) is 0 Å². The van der Waals surface area contributed by atoms with Crippen molar-refractivity contribution in [1.82, 2.24) is 10.6 Å². The van der Waals surface area contributed by atoms with Crippen molar-refractivity contribution in [2.75, 3.05) is 19.3 Å². The summed E-state index contributed by atoms with van der Waals surface area (Å²) in [7, 11) is 3.45. The second-order valence-corrected chi connectivity index (χ2v) is 9.56. The molecule has 0 aliphatic carbocycles. The van der Waals surface area contributed by atoms with Gasteiger partial charge in [0.05, 0.1) is 0 Å². The van der Waals surface area contributed by atoms with E-state index in [1.807, 2.05) is 0 Å². The van der Waals surface area contributed by atoms with Crippen molar-refractivity contribution < 1.29 is 0 Å². The van der Waals surface area contributed by atoms with Crippen LogP contribution in [0.2, 0.25) is 0 Å². The van der Waals surface area contributed by atoms with Crippen molar-refractivity contribution in [3.05, 3.63) is 35.9 Å². The van der Waals surface area contributed by atoms with E-state index in [0.29, 0.717) is 0 Å². The Labute approximate surface area is 198 Å². The van der Waals surface area contributed by atoms with Gasteiger partial charge in [0.25, 0.3) is 0 Å². The Bertz CT molecular complexity index is 452. The number of benzene rings is 1. The first-order valence-electron chi connectivity index (χ1n) is 13.5. The van der Waals surface area contributed by atoms with Gasteiger partial charge in [0.2, 0.25) is 0 Å². The van der Waals surface area contributed by atoms with E-state index in [-0.39, 0.29) is 0 Å². The third kappa shape index (κ3) is 21.0. The largest absolute Gasteiger partial charge is 0.320 e. The van der Waals surface area contributed by atoms with E-state index in [1.165, 1.54) is 121 Å². The third-order valence-electron chi connectivity index (χ3n) is 6.25. The van der Waals surface area contributed by atoms with Crippen LogP contribution < -0.4 is 10.6 Å². The molecule has 0 aromatic heterocycles. The predicted molar refractivity (Wildman–Crippen MR) is 140 cm³/mol. The third-order valence-corrected chi connectivity index (χ3v) is 6.50. The Morgan fingerprint density at radius 2 is 0.806 bits per heavy atom. The van der Waals surface area contributed by atoms with E-state index >= 15 is 0 Å². The number of unbranched alkanes of at least 4 members (excludes halogenated alkanes) is 17. The van der Waals surface area contributed by atoms with Crippen molar-refractivity contribution >= 4 is 10.2 Å². The molecule has 3 radical (unpaired) electrons. The lowest BCUT2D eigenvalue weighted by Crippen LogP contribution is -2.16. The van der Waals surface area contributed by atoms with Gasteiger partial charge in [-0.1, -0.05) is 133 Å². The van der Waals surface area contributed by atoms with Gasteiger partial charge in [-0.15, -0.1) is 0 Å². The second-order valence-electron chi connectivity index (χ2n) is 9.20. The normalized spacial score (nSPS) is 11.3. The van der Waals surface area contributed by atoms with Crippen molar-refractivity contribution in [3.8, 4) is 0 Å². The van der Waals surface area contributed by atoms with Crippen LogP contribution in [-0.2, 0) is 6.54 Å². The maximum atomic E-state index is 3.56. The topological polar surface area (TPSA) is 24.1 Å². The molecule has 2 N–H and O–H groups in total. The summed E-state index contributed by atoms with van der Waals surface area (Å²) in [5, 5.41) is 6.88. The summed E-state index contributed by atoms with van der Waals surface area (Å²) in [4.78, 5) is 0. The molecule has 3 heteroatoms. The molecule has 0 unspecified atom stereocenters. The van der Waals surface area contributed by atoms with Crippen molar-refractivity contribution in [3.63, 3.8) is 0 Å². The van der Waals surface area contributed by atoms with Gasteiger partial charge in [0.1, 0.15) is 0 Å². The van der Waals surface area contributed by atoms with Gasteiger partial charge in [-0.25, -0.2) is 0 Å². The lowest BCUT2D eigenvalue weighted by Gasteiger charge is -2.05. The van der Waals surface area contributed by atoms with E-state index in [0.717, 1.165) is 25.8 Å². The van der Waals surface area contributed by atoms with E-state index < -0.39 is 0 Å². The number of nitrogens with one attached hydrogen (secondary N) is 2. The van der Waals surface area contributed by atoms with Crippen molar-refractivity contribution in [2.45, 2.75) is 122 Å². The molecular weight excluding hydrogens is 392 g/mol. The number of hydrogen-bond acceptors (Lipinski definition) is 2. The van der Waals surface area contributed by atoms with Gasteiger partial charge in [0.15, 0.2) is 0 Å².